The highest BCUT2D eigenvalue weighted by molar-refractivity contribution is 8.18. The molecule has 0 saturated carbocycles. The van der Waals surface area contributed by atoms with Crippen molar-refractivity contribution in [2.75, 3.05) is 27.3 Å². The van der Waals surface area contributed by atoms with Gasteiger partial charge in [0.1, 0.15) is 5.69 Å². The Labute approximate surface area is 244 Å². The van der Waals surface area contributed by atoms with E-state index >= 15 is 0 Å². The lowest BCUT2D eigenvalue weighted by molar-refractivity contribution is -0.113. The largest absolute Gasteiger partial charge is 0.493 e. The van der Waals surface area contributed by atoms with Crippen LogP contribution in [0.4, 0.5) is 0 Å². The van der Waals surface area contributed by atoms with Gasteiger partial charge in [0.25, 0.3) is 5.91 Å². The molecule has 2 aliphatic rings. The number of nitrogens with zero attached hydrogens (tertiary/aromatic N) is 4. The van der Waals surface area contributed by atoms with Crippen LogP contribution in [-0.2, 0) is 11.2 Å². The standard InChI is InChI=1S/C33H32N4O3S/c1-39-28-14-13-25(20-29(28)40-2)31-26(22-37(35-31)27-11-7-4-8-12-27)21-30-32(38)34-33(41-30)36-17-15-24(16-18-36)19-23-9-5-3-6-10-23/h3-14,20-22,24H,15-19H2,1-2H3/b30-21-. The lowest BCUT2D eigenvalue weighted by Crippen LogP contribution is -2.37. The number of hydrogen-bond donors (Lipinski definition) is 0. The summed E-state index contributed by atoms with van der Waals surface area (Å²) in [5.74, 6) is 1.71. The van der Waals surface area contributed by atoms with Crippen LogP contribution in [-0.4, -0.2) is 53.1 Å². The molecule has 8 heteroatoms. The molecule has 1 saturated heterocycles. The van der Waals surface area contributed by atoms with Crippen molar-refractivity contribution in [1.29, 1.82) is 0 Å². The molecule has 3 heterocycles. The summed E-state index contributed by atoms with van der Waals surface area (Å²) >= 11 is 1.45. The summed E-state index contributed by atoms with van der Waals surface area (Å²) in [6, 6.07) is 26.3. The van der Waals surface area contributed by atoms with Crippen molar-refractivity contribution in [3.05, 3.63) is 101 Å². The second-order valence-corrected chi connectivity index (χ2v) is 11.2. The number of hydrogen-bond acceptors (Lipinski definition) is 6. The Morgan fingerprint density at radius 2 is 1.63 bits per heavy atom. The van der Waals surface area contributed by atoms with Gasteiger partial charge in [-0.15, -0.1) is 0 Å². The Kier molecular flexibility index (Phi) is 7.91. The predicted molar refractivity (Wildman–Crippen MR) is 165 cm³/mol. The summed E-state index contributed by atoms with van der Waals surface area (Å²) in [6.45, 7) is 1.82. The summed E-state index contributed by atoms with van der Waals surface area (Å²) < 4.78 is 12.8. The van der Waals surface area contributed by atoms with Gasteiger partial charge in [0.2, 0.25) is 0 Å². The Hall–Kier alpha value is -4.30. The van der Waals surface area contributed by atoms with Crippen LogP contribution in [0, 0.1) is 5.92 Å². The summed E-state index contributed by atoms with van der Waals surface area (Å²) in [5.41, 5.74) is 4.75. The fraction of sp³-hybridized carbons (Fsp3) is 0.242. The van der Waals surface area contributed by atoms with Crippen LogP contribution in [0.25, 0.3) is 23.0 Å². The maximum atomic E-state index is 13.1. The molecule has 1 fully saturated rings. The number of methoxy groups -OCH3 is 2. The van der Waals surface area contributed by atoms with Gasteiger partial charge >= 0.3 is 0 Å². The number of thioether (sulfide) groups is 1. The molecule has 0 aliphatic carbocycles. The van der Waals surface area contributed by atoms with Gasteiger partial charge in [-0.3, -0.25) is 4.79 Å². The molecular formula is C33H32N4O3S. The molecule has 0 unspecified atom stereocenters. The molecule has 1 aromatic heterocycles. The van der Waals surface area contributed by atoms with Crippen molar-refractivity contribution in [3.8, 4) is 28.4 Å². The van der Waals surface area contributed by atoms with Crippen LogP contribution >= 0.6 is 11.8 Å². The maximum absolute atomic E-state index is 13.1. The second-order valence-electron chi connectivity index (χ2n) is 10.2. The molecule has 1 amide bonds. The average molecular weight is 565 g/mol. The van der Waals surface area contributed by atoms with Gasteiger partial charge in [0.05, 0.1) is 24.8 Å². The van der Waals surface area contributed by atoms with Gasteiger partial charge in [0, 0.05) is 30.4 Å². The lowest BCUT2D eigenvalue weighted by Gasteiger charge is -2.32. The zero-order valence-electron chi connectivity index (χ0n) is 23.2. The van der Waals surface area contributed by atoms with Crippen molar-refractivity contribution in [3.63, 3.8) is 0 Å². The third kappa shape index (κ3) is 5.93. The van der Waals surface area contributed by atoms with E-state index in [0.29, 0.717) is 22.3 Å². The first kappa shape index (κ1) is 26.9. The Morgan fingerprint density at radius 3 is 2.34 bits per heavy atom. The molecule has 0 radical (unpaired) electrons. The monoisotopic (exact) mass is 564 g/mol. The van der Waals surface area contributed by atoms with E-state index in [1.165, 1.54) is 17.3 Å². The van der Waals surface area contributed by atoms with Crippen molar-refractivity contribution >= 4 is 28.9 Å². The normalized spacial score (nSPS) is 16.7. The highest BCUT2D eigenvalue weighted by Crippen LogP contribution is 2.37. The van der Waals surface area contributed by atoms with Crippen molar-refractivity contribution < 1.29 is 14.3 Å². The second kappa shape index (κ2) is 12.1. The van der Waals surface area contributed by atoms with Gasteiger partial charge in [-0.2, -0.15) is 10.1 Å². The van der Waals surface area contributed by atoms with Crippen LogP contribution in [0.1, 0.15) is 24.0 Å². The maximum Gasteiger partial charge on any atom is 0.286 e. The Bertz CT molecular complexity index is 1590. The molecular weight excluding hydrogens is 532 g/mol. The molecule has 41 heavy (non-hydrogen) atoms. The summed E-state index contributed by atoms with van der Waals surface area (Å²) in [5, 5.41) is 5.70. The van der Waals surface area contributed by atoms with E-state index in [2.05, 4.69) is 40.2 Å². The molecule has 0 atom stereocenters. The first-order valence-corrected chi connectivity index (χ1v) is 14.6. The zero-order valence-corrected chi connectivity index (χ0v) is 24.0. The quantitative estimate of drug-likeness (QED) is 0.239. The van der Waals surface area contributed by atoms with Gasteiger partial charge < -0.3 is 14.4 Å². The summed E-state index contributed by atoms with van der Waals surface area (Å²) in [7, 11) is 3.23. The summed E-state index contributed by atoms with van der Waals surface area (Å²) in [4.78, 5) is 20.4. The number of aromatic nitrogens is 2. The Balaban J connectivity index is 1.23. The highest BCUT2D eigenvalue weighted by atomic mass is 32.2. The van der Waals surface area contributed by atoms with Gasteiger partial charge in [0.15, 0.2) is 16.7 Å². The molecule has 2 aliphatic heterocycles. The number of likely N-dealkylation sites (tertiary alicyclic amines) is 1. The lowest BCUT2D eigenvalue weighted by atomic mass is 9.90. The molecule has 4 aromatic rings. The molecule has 7 nitrogen and oxygen atoms in total. The fourth-order valence-corrected chi connectivity index (χ4v) is 6.32. The zero-order chi connectivity index (χ0) is 28.2. The third-order valence-electron chi connectivity index (χ3n) is 7.57. The van der Waals surface area contributed by atoms with Crippen molar-refractivity contribution in [1.82, 2.24) is 14.7 Å². The Morgan fingerprint density at radius 1 is 0.927 bits per heavy atom. The van der Waals surface area contributed by atoms with Crippen LogP contribution in [0.15, 0.2) is 95.0 Å². The molecule has 0 N–H and O–H groups in total. The molecule has 0 spiro atoms. The number of ether oxygens (including phenoxy) is 2. The molecule has 6 rings (SSSR count). The number of piperidine rings is 1. The topological polar surface area (TPSA) is 69.0 Å². The number of para-hydroxylation sites is 1. The van der Waals surface area contributed by atoms with Crippen LogP contribution in [0.2, 0.25) is 0 Å². The average Bonchev–Trinajstić information content (AvgIpc) is 3.61. The first-order chi connectivity index (χ1) is 20.1. The SMILES string of the molecule is COc1ccc(-c2nn(-c3ccccc3)cc2/C=C2\SC(N3CCC(Cc4ccccc4)CC3)=NC2=O)cc1OC. The number of carbonyl (C=O) groups excluding carboxylic acids is 1. The third-order valence-corrected chi connectivity index (χ3v) is 8.61. The van der Waals surface area contributed by atoms with E-state index in [0.717, 1.165) is 60.0 Å². The number of amides is 1. The number of carbonyl (C=O) groups is 1. The van der Waals surface area contributed by atoms with E-state index in [1.807, 2.05) is 65.5 Å². The van der Waals surface area contributed by atoms with E-state index in [4.69, 9.17) is 14.6 Å². The van der Waals surface area contributed by atoms with Gasteiger partial charge in [-0.05, 0) is 78.9 Å². The van der Waals surface area contributed by atoms with Crippen LogP contribution in [0.3, 0.4) is 0 Å². The minimum atomic E-state index is -0.206. The molecule has 0 bridgehead atoms. The van der Waals surface area contributed by atoms with E-state index in [1.54, 1.807) is 14.2 Å². The van der Waals surface area contributed by atoms with E-state index in [9.17, 15) is 4.79 Å². The molecule has 3 aromatic carbocycles. The fourth-order valence-electron chi connectivity index (χ4n) is 5.36. The van der Waals surface area contributed by atoms with Gasteiger partial charge in [-0.25, -0.2) is 4.68 Å². The minimum absolute atomic E-state index is 0.206. The van der Waals surface area contributed by atoms with E-state index < -0.39 is 0 Å². The van der Waals surface area contributed by atoms with Gasteiger partial charge in [-0.1, -0.05) is 48.5 Å². The smallest absolute Gasteiger partial charge is 0.286 e. The number of amidine groups is 1. The number of aliphatic imine (C=N–C) groups is 1. The predicted octanol–water partition coefficient (Wildman–Crippen LogP) is 6.48. The van der Waals surface area contributed by atoms with Crippen LogP contribution < -0.4 is 9.47 Å². The van der Waals surface area contributed by atoms with Crippen LogP contribution in [0.5, 0.6) is 11.5 Å². The first-order valence-electron chi connectivity index (χ1n) is 13.8. The number of rotatable bonds is 7. The van der Waals surface area contributed by atoms with E-state index in [-0.39, 0.29) is 5.91 Å². The highest BCUT2D eigenvalue weighted by Gasteiger charge is 2.29. The van der Waals surface area contributed by atoms with Crippen molar-refractivity contribution in [2.24, 2.45) is 10.9 Å². The van der Waals surface area contributed by atoms with Crippen molar-refractivity contribution in [2.45, 2.75) is 19.3 Å². The minimum Gasteiger partial charge on any atom is -0.493 e. The molecule has 208 valence electrons. The number of benzene rings is 3. The summed E-state index contributed by atoms with van der Waals surface area (Å²) in [6.07, 6.45) is 7.14.